The highest BCUT2D eigenvalue weighted by atomic mass is 16.1. The Kier molecular flexibility index (Phi) is 4.46. The van der Waals surface area contributed by atoms with Gasteiger partial charge in [0.25, 0.3) is 5.91 Å². The van der Waals surface area contributed by atoms with E-state index in [0.717, 1.165) is 11.3 Å². The molecule has 0 unspecified atom stereocenters. The van der Waals surface area contributed by atoms with Gasteiger partial charge in [0.15, 0.2) is 5.82 Å². The van der Waals surface area contributed by atoms with Crippen LogP contribution in [0.25, 0.3) is 17.1 Å². The largest absolute Gasteiger partial charge is 0.324 e. The molecule has 0 fully saturated rings. The second-order valence-corrected chi connectivity index (χ2v) is 5.86. The van der Waals surface area contributed by atoms with E-state index in [1.807, 2.05) is 47.2 Å². The quantitative estimate of drug-likeness (QED) is 0.506. The van der Waals surface area contributed by atoms with Crippen LogP contribution in [0.4, 0.5) is 5.69 Å². The van der Waals surface area contributed by atoms with Gasteiger partial charge >= 0.3 is 0 Å². The summed E-state index contributed by atoms with van der Waals surface area (Å²) in [7, 11) is 0. The number of H-pyrrole nitrogens is 1. The topological polar surface area (TPSA) is 115 Å². The van der Waals surface area contributed by atoms with Gasteiger partial charge in [-0.1, -0.05) is 0 Å². The average Bonchev–Trinajstić information content (AvgIpc) is 3.41. The Morgan fingerprint density at radius 1 is 1.11 bits per heavy atom. The van der Waals surface area contributed by atoms with Crippen molar-refractivity contribution in [3.63, 3.8) is 0 Å². The molecular weight excluding hydrogens is 342 g/mol. The lowest BCUT2D eigenvalue weighted by Crippen LogP contribution is -2.11. The molecule has 134 valence electrons. The van der Waals surface area contributed by atoms with E-state index in [1.165, 1.54) is 0 Å². The van der Waals surface area contributed by atoms with Crippen LogP contribution in [-0.2, 0) is 6.54 Å². The van der Waals surface area contributed by atoms with Crippen molar-refractivity contribution in [3.8, 4) is 17.1 Å². The van der Waals surface area contributed by atoms with Crippen LogP contribution >= 0.6 is 0 Å². The highest BCUT2D eigenvalue weighted by Crippen LogP contribution is 2.19. The van der Waals surface area contributed by atoms with Gasteiger partial charge < -0.3 is 15.6 Å². The molecule has 2 aromatic heterocycles. The zero-order chi connectivity index (χ0) is 18.6. The Morgan fingerprint density at radius 2 is 1.89 bits per heavy atom. The third-order valence-electron chi connectivity index (χ3n) is 4.06. The van der Waals surface area contributed by atoms with Crippen molar-refractivity contribution in [2.75, 3.05) is 5.32 Å². The molecule has 0 saturated carbocycles. The lowest BCUT2D eigenvalue weighted by atomic mass is 10.1. The molecule has 0 aliphatic rings. The Hall–Kier alpha value is -3.78. The first kappa shape index (κ1) is 16.7. The Morgan fingerprint density at radius 3 is 2.52 bits per heavy atom. The third kappa shape index (κ3) is 3.60. The molecule has 4 N–H and O–H groups in total. The molecule has 0 saturated heterocycles. The minimum atomic E-state index is -0.178. The smallest absolute Gasteiger partial charge is 0.255 e. The predicted molar refractivity (Wildman–Crippen MR) is 101 cm³/mol. The first-order chi connectivity index (χ1) is 13.2. The summed E-state index contributed by atoms with van der Waals surface area (Å²) in [5.41, 5.74) is 8.57. The first-order valence-electron chi connectivity index (χ1n) is 8.34. The summed E-state index contributed by atoms with van der Waals surface area (Å²) in [6.45, 7) is 0.306. The van der Waals surface area contributed by atoms with Gasteiger partial charge in [0, 0.05) is 34.9 Å². The minimum absolute atomic E-state index is 0.178. The van der Waals surface area contributed by atoms with Gasteiger partial charge in [0.2, 0.25) is 0 Å². The molecule has 4 aromatic rings. The van der Waals surface area contributed by atoms with E-state index in [0.29, 0.717) is 29.4 Å². The fraction of sp³-hybridized carbons (Fsp3) is 0.0526. The molecule has 27 heavy (non-hydrogen) atoms. The maximum absolute atomic E-state index is 12.4. The summed E-state index contributed by atoms with van der Waals surface area (Å²) in [5, 5.41) is 9.77. The molecule has 0 aliphatic carbocycles. The molecule has 8 heteroatoms. The van der Waals surface area contributed by atoms with Crippen LogP contribution in [0, 0.1) is 0 Å². The number of imidazole rings is 1. The number of rotatable bonds is 5. The molecule has 0 aliphatic heterocycles. The predicted octanol–water partition coefficient (Wildman–Crippen LogP) is 2.37. The number of carbonyl (C=O) groups is 1. The number of nitrogens with one attached hydrogen (secondary N) is 2. The summed E-state index contributed by atoms with van der Waals surface area (Å²) in [5.74, 6) is 1.02. The zero-order valence-electron chi connectivity index (χ0n) is 14.3. The van der Waals surface area contributed by atoms with Gasteiger partial charge in [-0.25, -0.2) is 9.97 Å². The number of aromatic nitrogens is 5. The number of carbonyl (C=O) groups excluding carboxylic acids is 1. The van der Waals surface area contributed by atoms with E-state index in [4.69, 9.17) is 5.73 Å². The maximum atomic E-state index is 12.4. The normalized spacial score (nSPS) is 10.7. The van der Waals surface area contributed by atoms with Crippen LogP contribution < -0.4 is 11.1 Å². The summed E-state index contributed by atoms with van der Waals surface area (Å²) in [6, 6.07) is 14.6. The van der Waals surface area contributed by atoms with Gasteiger partial charge in [-0.2, -0.15) is 5.10 Å². The van der Waals surface area contributed by atoms with E-state index < -0.39 is 0 Å². The third-order valence-corrected chi connectivity index (χ3v) is 4.06. The number of aromatic amines is 1. The van der Waals surface area contributed by atoms with Crippen LogP contribution in [0.1, 0.15) is 16.2 Å². The van der Waals surface area contributed by atoms with Crippen LogP contribution in [0.5, 0.6) is 0 Å². The molecule has 0 bridgehead atoms. The zero-order valence-corrected chi connectivity index (χ0v) is 14.3. The van der Waals surface area contributed by atoms with Crippen molar-refractivity contribution in [2.24, 2.45) is 5.73 Å². The molecule has 1 amide bonds. The summed E-state index contributed by atoms with van der Waals surface area (Å²) >= 11 is 0. The van der Waals surface area contributed by atoms with Crippen molar-refractivity contribution < 1.29 is 4.79 Å². The number of nitrogens with zero attached hydrogens (tertiary/aromatic N) is 4. The molecular formula is C19H17N7O. The van der Waals surface area contributed by atoms with Crippen molar-refractivity contribution in [1.82, 2.24) is 24.7 Å². The Labute approximate surface area is 155 Å². The van der Waals surface area contributed by atoms with Crippen molar-refractivity contribution in [1.29, 1.82) is 0 Å². The van der Waals surface area contributed by atoms with E-state index in [1.54, 1.807) is 24.7 Å². The number of amides is 1. The molecule has 0 radical (unpaired) electrons. The van der Waals surface area contributed by atoms with Crippen LogP contribution in [0.15, 0.2) is 67.3 Å². The highest BCUT2D eigenvalue weighted by molar-refractivity contribution is 6.04. The van der Waals surface area contributed by atoms with Crippen LogP contribution in [0.3, 0.4) is 0 Å². The second kappa shape index (κ2) is 7.22. The standard InChI is InChI=1S/C19H17N7O/c20-11-17-23-18(25-24-17)13-1-5-15(6-2-13)22-19(27)14-3-7-16(8-4-14)26-10-9-21-12-26/h1-10,12H,11,20H2,(H,22,27)(H,23,24,25). The summed E-state index contributed by atoms with van der Waals surface area (Å²) in [4.78, 5) is 20.7. The molecule has 0 atom stereocenters. The Balaban J connectivity index is 1.44. The molecule has 2 aromatic carbocycles. The molecule has 4 rings (SSSR count). The van der Waals surface area contributed by atoms with Crippen LogP contribution in [0.2, 0.25) is 0 Å². The van der Waals surface area contributed by atoms with Crippen molar-refractivity contribution in [2.45, 2.75) is 6.54 Å². The summed E-state index contributed by atoms with van der Waals surface area (Å²) < 4.78 is 1.87. The monoisotopic (exact) mass is 359 g/mol. The van der Waals surface area contributed by atoms with Crippen LogP contribution in [-0.4, -0.2) is 30.6 Å². The fourth-order valence-electron chi connectivity index (χ4n) is 2.62. The molecule has 8 nitrogen and oxygen atoms in total. The van der Waals surface area contributed by atoms with Gasteiger partial charge in [-0.3, -0.25) is 9.89 Å². The maximum Gasteiger partial charge on any atom is 0.255 e. The number of benzene rings is 2. The fourth-order valence-corrected chi connectivity index (χ4v) is 2.62. The van der Waals surface area contributed by atoms with Gasteiger partial charge in [0.05, 0.1) is 12.9 Å². The lowest BCUT2D eigenvalue weighted by molar-refractivity contribution is 0.102. The van der Waals surface area contributed by atoms with Gasteiger partial charge in [-0.05, 0) is 48.5 Å². The van der Waals surface area contributed by atoms with E-state index >= 15 is 0 Å². The van der Waals surface area contributed by atoms with E-state index in [9.17, 15) is 4.79 Å². The number of anilines is 1. The van der Waals surface area contributed by atoms with Gasteiger partial charge in [0.1, 0.15) is 5.82 Å². The Bertz CT molecular complexity index is 1030. The van der Waals surface area contributed by atoms with Crippen molar-refractivity contribution >= 4 is 11.6 Å². The number of nitrogens with two attached hydrogens (primary N) is 1. The minimum Gasteiger partial charge on any atom is -0.324 e. The summed E-state index contributed by atoms with van der Waals surface area (Å²) in [6.07, 6.45) is 5.27. The van der Waals surface area contributed by atoms with Crippen molar-refractivity contribution in [3.05, 3.63) is 78.6 Å². The highest BCUT2D eigenvalue weighted by Gasteiger charge is 2.08. The SMILES string of the molecule is NCc1nc(-c2ccc(NC(=O)c3ccc(-n4ccnc4)cc3)cc2)n[nH]1. The molecule has 0 spiro atoms. The van der Waals surface area contributed by atoms with E-state index in [-0.39, 0.29) is 5.91 Å². The second-order valence-electron chi connectivity index (χ2n) is 5.86. The number of hydrogen-bond donors (Lipinski definition) is 3. The lowest BCUT2D eigenvalue weighted by Gasteiger charge is -2.07. The molecule has 2 heterocycles. The first-order valence-corrected chi connectivity index (χ1v) is 8.34. The van der Waals surface area contributed by atoms with Gasteiger partial charge in [-0.15, -0.1) is 0 Å². The average molecular weight is 359 g/mol. The number of hydrogen-bond acceptors (Lipinski definition) is 5. The van der Waals surface area contributed by atoms with E-state index in [2.05, 4.69) is 25.5 Å².